The molecule has 27 heavy (non-hydrogen) atoms. The van der Waals surface area contributed by atoms with Gasteiger partial charge in [0.1, 0.15) is 11.8 Å². The molecule has 0 unspecified atom stereocenters. The van der Waals surface area contributed by atoms with Gasteiger partial charge in [0, 0.05) is 0 Å². The zero-order valence-electron chi connectivity index (χ0n) is 14.7. The topological polar surface area (TPSA) is 51.2 Å². The lowest BCUT2D eigenvalue weighted by atomic mass is 9.94. The highest BCUT2D eigenvalue weighted by Crippen LogP contribution is 2.34. The number of alkyl halides is 3. The minimum atomic E-state index is -4.64. The molecule has 0 saturated heterocycles. The van der Waals surface area contributed by atoms with E-state index in [4.69, 9.17) is 16.3 Å². The highest BCUT2D eigenvalue weighted by Gasteiger charge is 2.35. The van der Waals surface area contributed by atoms with Gasteiger partial charge in [0.05, 0.1) is 16.8 Å². The Hall–Kier alpha value is -2.54. The molecule has 8 heteroatoms. The summed E-state index contributed by atoms with van der Waals surface area (Å²) >= 11 is 5.86. The molecule has 0 aliphatic carbocycles. The Balaban J connectivity index is 2.14. The summed E-state index contributed by atoms with van der Waals surface area (Å²) in [6.45, 7) is 6.32. The molecular formula is C19H18ClF3N2O2. The molecule has 0 aliphatic rings. The Kier molecular flexibility index (Phi) is 6.15. The molecule has 1 N–H and O–H groups in total. The first-order valence-electron chi connectivity index (χ1n) is 7.92. The highest BCUT2D eigenvalue weighted by molar-refractivity contribution is 6.29. The van der Waals surface area contributed by atoms with Gasteiger partial charge in [-0.2, -0.15) is 13.2 Å². The molecule has 2 rings (SSSR count). The van der Waals surface area contributed by atoms with E-state index in [0.717, 1.165) is 5.56 Å². The van der Waals surface area contributed by atoms with Crippen molar-refractivity contribution in [2.75, 3.05) is 0 Å². The van der Waals surface area contributed by atoms with Gasteiger partial charge < -0.3 is 10.1 Å². The summed E-state index contributed by atoms with van der Waals surface area (Å²) in [5, 5.41) is 2.48. The molecule has 0 bridgehead atoms. The van der Waals surface area contributed by atoms with E-state index in [2.05, 4.69) is 16.9 Å². The van der Waals surface area contributed by atoms with E-state index >= 15 is 0 Å². The summed E-state index contributed by atoms with van der Waals surface area (Å²) in [4.78, 5) is 15.8. The van der Waals surface area contributed by atoms with E-state index in [1.165, 1.54) is 12.1 Å². The zero-order valence-corrected chi connectivity index (χ0v) is 15.5. The molecule has 4 nitrogen and oxygen atoms in total. The second-order valence-corrected chi connectivity index (χ2v) is 6.74. The third-order valence-corrected chi connectivity index (χ3v) is 3.99. The molecule has 2 aromatic rings. The number of halogens is 4. The number of pyridine rings is 1. The largest absolute Gasteiger partial charge is 0.445 e. The van der Waals surface area contributed by atoms with Crippen molar-refractivity contribution in [1.82, 2.24) is 10.3 Å². The zero-order chi connectivity index (χ0) is 20.2. The maximum atomic E-state index is 12.9. The Bertz CT molecular complexity index is 837. The number of ether oxygens (including phenoxy) is 1. The first-order valence-corrected chi connectivity index (χ1v) is 8.30. The fourth-order valence-corrected chi connectivity index (χ4v) is 2.45. The number of rotatable bonds is 5. The molecule has 0 atom stereocenters. The molecule has 0 fully saturated rings. The van der Waals surface area contributed by atoms with Gasteiger partial charge in [-0.05, 0) is 37.1 Å². The van der Waals surface area contributed by atoms with Gasteiger partial charge in [0.15, 0.2) is 0 Å². The second-order valence-electron chi connectivity index (χ2n) is 6.35. The fourth-order valence-electron chi connectivity index (χ4n) is 2.24. The van der Waals surface area contributed by atoms with E-state index in [1.807, 2.05) is 18.2 Å². The number of allylic oxidation sites excluding steroid dienone is 1. The average Bonchev–Trinajstić information content (AvgIpc) is 2.58. The van der Waals surface area contributed by atoms with Crippen LogP contribution in [0.15, 0.2) is 49.0 Å². The first-order chi connectivity index (χ1) is 12.5. The third-order valence-electron chi connectivity index (χ3n) is 3.79. The molecule has 0 aliphatic heterocycles. The minimum absolute atomic E-state index is 0.0655. The monoisotopic (exact) mass is 398 g/mol. The normalized spacial score (nSPS) is 11.8. The van der Waals surface area contributed by atoms with Crippen LogP contribution in [0.4, 0.5) is 18.0 Å². The lowest BCUT2D eigenvalue weighted by Crippen LogP contribution is -2.41. The van der Waals surface area contributed by atoms with Crippen LogP contribution < -0.4 is 5.32 Å². The fraction of sp³-hybridized carbons (Fsp3) is 0.263. The maximum absolute atomic E-state index is 12.9. The Morgan fingerprint density at radius 3 is 2.44 bits per heavy atom. The first kappa shape index (κ1) is 20.8. The van der Waals surface area contributed by atoms with Crippen molar-refractivity contribution in [3.05, 3.63) is 71.0 Å². The minimum Gasteiger partial charge on any atom is -0.445 e. The Morgan fingerprint density at radius 2 is 1.85 bits per heavy atom. The van der Waals surface area contributed by atoms with E-state index < -0.39 is 29.1 Å². The summed E-state index contributed by atoms with van der Waals surface area (Å²) in [5.41, 5.74) is -1.44. The summed E-state index contributed by atoms with van der Waals surface area (Å²) in [5.74, 6) is 0. The van der Waals surface area contributed by atoms with Gasteiger partial charge in [-0.15, -0.1) is 0 Å². The summed E-state index contributed by atoms with van der Waals surface area (Å²) in [7, 11) is 0. The van der Waals surface area contributed by atoms with Crippen LogP contribution in [-0.4, -0.2) is 17.3 Å². The van der Waals surface area contributed by atoms with Gasteiger partial charge in [0.2, 0.25) is 0 Å². The summed E-state index contributed by atoms with van der Waals surface area (Å²) < 4.78 is 43.8. The van der Waals surface area contributed by atoms with Gasteiger partial charge >= 0.3 is 12.3 Å². The van der Waals surface area contributed by atoms with E-state index in [-0.39, 0.29) is 11.8 Å². The quantitative estimate of drug-likeness (QED) is 0.679. The number of nitrogens with zero attached hydrogens (tertiary/aromatic N) is 1. The maximum Gasteiger partial charge on any atom is 0.417 e. The predicted octanol–water partition coefficient (Wildman–Crippen LogP) is 5.47. The SMILES string of the molecule is C=C(c1cc(C(C)(C)NC(=O)OCc2ccccc2)cc(Cl)n1)C(F)(F)F. The van der Waals surface area contributed by atoms with Crippen molar-refractivity contribution in [2.45, 2.75) is 32.2 Å². The van der Waals surface area contributed by atoms with Crippen molar-refractivity contribution >= 4 is 23.3 Å². The lowest BCUT2D eigenvalue weighted by molar-refractivity contribution is -0.0689. The van der Waals surface area contributed by atoms with Crippen LogP contribution in [0.1, 0.15) is 30.7 Å². The van der Waals surface area contributed by atoms with Crippen molar-refractivity contribution in [2.24, 2.45) is 0 Å². The Morgan fingerprint density at radius 1 is 1.22 bits per heavy atom. The number of alkyl carbamates (subject to hydrolysis) is 1. The van der Waals surface area contributed by atoms with Gasteiger partial charge in [0.25, 0.3) is 0 Å². The van der Waals surface area contributed by atoms with Crippen molar-refractivity contribution in [1.29, 1.82) is 0 Å². The van der Waals surface area contributed by atoms with Crippen LogP contribution in [0.2, 0.25) is 5.15 Å². The van der Waals surface area contributed by atoms with Crippen molar-refractivity contribution in [3.63, 3.8) is 0 Å². The lowest BCUT2D eigenvalue weighted by Gasteiger charge is -2.27. The molecule has 0 radical (unpaired) electrons. The number of amides is 1. The average molecular weight is 399 g/mol. The van der Waals surface area contributed by atoms with Crippen molar-refractivity contribution < 1.29 is 22.7 Å². The summed E-state index contributed by atoms with van der Waals surface area (Å²) in [6, 6.07) is 11.6. The molecule has 1 aromatic carbocycles. The van der Waals surface area contributed by atoms with Crippen molar-refractivity contribution in [3.8, 4) is 0 Å². The third kappa shape index (κ3) is 5.72. The van der Waals surface area contributed by atoms with Crippen LogP contribution in [0.5, 0.6) is 0 Å². The van der Waals surface area contributed by atoms with Crippen LogP contribution in [0.25, 0.3) is 5.57 Å². The van der Waals surface area contributed by atoms with Crippen LogP contribution >= 0.6 is 11.6 Å². The van der Waals surface area contributed by atoms with Gasteiger partial charge in [-0.3, -0.25) is 0 Å². The molecular weight excluding hydrogens is 381 g/mol. The van der Waals surface area contributed by atoms with Crippen LogP contribution in [0, 0.1) is 0 Å². The number of nitrogens with one attached hydrogen (secondary N) is 1. The second kappa shape index (κ2) is 8.00. The molecule has 1 aromatic heterocycles. The van der Waals surface area contributed by atoms with E-state index in [0.29, 0.717) is 5.56 Å². The number of hydrogen-bond donors (Lipinski definition) is 1. The molecule has 0 saturated carbocycles. The van der Waals surface area contributed by atoms with Crippen LogP contribution in [-0.2, 0) is 16.9 Å². The number of carbonyl (C=O) groups is 1. The van der Waals surface area contributed by atoms with E-state index in [9.17, 15) is 18.0 Å². The number of hydrogen-bond acceptors (Lipinski definition) is 3. The molecule has 1 amide bonds. The number of aromatic nitrogens is 1. The number of carbonyl (C=O) groups excluding carboxylic acids is 1. The van der Waals surface area contributed by atoms with E-state index in [1.54, 1.807) is 26.0 Å². The smallest absolute Gasteiger partial charge is 0.417 e. The Labute approximate surface area is 160 Å². The predicted molar refractivity (Wildman–Crippen MR) is 97.1 cm³/mol. The van der Waals surface area contributed by atoms with Gasteiger partial charge in [-0.1, -0.05) is 48.5 Å². The molecule has 1 heterocycles. The highest BCUT2D eigenvalue weighted by atomic mass is 35.5. The van der Waals surface area contributed by atoms with Gasteiger partial charge in [-0.25, -0.2) is 9.78 Å². The summed E-state index contributed by atoms with van der Waals surface area (Å²) in [6.07, 6.45) is -5.35. The van der Waals surface area contributed by atoms with Crippen LogP contribution in [0.3, 0.4) is 0 Å². The number of benzene rings is 1. The molecule has 0 spiro atoms. The molecule has 144 valence electrons. The standard InChI is InChI=1S/C19H18ClF3N2O2/c1-12(19(21,22)23)15-9-14(10-16(20)24-15)18(2,3)25-17(26)27-11-13-7-5-4-6-8-13/h4-10H,1,11H2,2-3H3,(H,25,26).